The predicted molar refractivity (Wildman–Crippen MR) is 121 cm³/mol. The van der Waals surface area contributed by atoms with Gasteiger partial charge in [0.05, 0.1) is 19.4 Å². The zero-order valence-electron chi connectivity index (χ0n) is 17.7. The normalized spacial score (nSPS) is 10.7. The highest BCUT2D eigenvalue weighted by atomic mass is 32.2. The van der Waals surface area contributed by atoms with Crippen LogP contribution in [0.1, 0.15) is 23.9 Å². The molecule has 0 radical (unpaired) electrons. The smallest absolute Gasteiger partial charge is 0.234 e. The number of rotatable bonds is 9. The Balaban J connectivity index is 1.55. The van der Waals surface area contributed by atoms with Crippen LogP contribution in [-0.4, -0.2) is 33.5 Å². The van der Waals surface area contributed by atoms with E-state index in [0.717, 1.165) is 40.5 Å². The topological polar surface area (TPSA) is 81.1 Å². The molecule has 1 heterocycles. The first-order valence-electron chi connectivity index (χ1n) is 9.79. The van der Waals surface area contributed by atoms with Gasteiger partial charge in [-0.1, -0.05) is 36.9 Å². The quantitative estimate of drug-likeness (QED) is 0.504. The molecule has 0 aliphatic rings. The molecule has 8 heteroatoms. The monoisotopic (exact) mass is 425 g/mol. The van der Waals surface area contributed by atoms with Gasteiger partial charge in [0.2, 0.25) is 5.91 Å². The molecule has 0 fully saturated rings. The number of aromatic nitrogens is 3. The van der Waals surface area contributed by atoms with Gasteiger partial charge in [-0.3, -0.25) is 4.79 Å². The van der Waals surface area contributed by atoms with Crippen LogP contribution in [0.5, 0.6) is 5.75 Å². The molecule has 0 aliphatic heterocycles. The van der Waals surface area contributed by atoms with Gasteiger partial charge in [0, 0.05) is 18.4 Å². The van der Waals surface area contributed by atoms with Crippen molar-refractivity contribution in [3.63, 3.8) is 0 Å². The van der Waals surface area contributed by atoms with Crippen LogP contribution in [0.2, 0.25) is 0 Å². The van der Waals surface area contributed by atoms with E-state index in [9.17, 15) is 4.79 Å². The first-order valence-corrected chi connectivity index (χ1v) is 10.8. The molecule has 0 saturated carbocycles. The molecule has 7 nitrogen and oxygen atoms in total. The number of carbonyl (C=O) groups excluding carboxylic acids is 1. The summed E-state index contributed by atoms with van der Waals surface area (Å²) in [5.41, 5.74) is 4.09. The maximum atomic E-state index is 12.5. The number of hydrogen-bond acceptors (Lipinski definition) is 6. The number of carbonyl (C=O) groups is 1. The second-order valence-corrected chi connectivity index (χ2v) is 7.78. The van der Waals surface area contributed by atoms with Gasteiger partial charge in [-0.2, -0.15) is 0 Å². The highest BCUT2D eigenvalue weighted by Gasteiger charge is 2.13. The summed E-state index contributed by atoms with van der Waals surface area (Å²) in [4.78, 5) is 12.5. The summed E-state index contributed by atoms with van der Waals surface area (Å²) in [6.45, 7) is 4.62. The maximum absolute atomic E-state index is 12.5. The zero-order valence-corrected chi connectivity index (χ0v) is 18.5. The zero-order chi connectivity index (χ0) is 21.5. The molecule has 3 aromatic rings. The van der Waals surface area contributed by atoms with Crippen molar-refractivity contribution in [2.75, 3.05) is 23.5 Å². The number of benzene rings is 2. The average molecular weight is 426 g/mol. The summed E-state index contributed by atoms with van der Waals surface area (Å²) in [5, 5.41) is 15.5. The van der Waals surface area contributed by atoms with Crippen molar-refractivity contribution in [2.45, 2.75) is 32.0 Å². The fourth-order valence-electron chi connectivity index (χ4n) is 3.02. The van der Waals surface area contributed by atoms with Crippen molar-refractivity contribution < 1.29 is 9.53 Å². The summed E-state index contributed by atoms with van der Waals surface area (Å²) in [6.07, 6.45) is 0.873. The molecule has 1 aromatic heterocycles. The van der Waals surface area contributed by atoms with Gasteiger partial charge in [-0.25, -0.2) is 0 Å². The second kappa shape index (κ2) is 10.2. The van der Waals surface area contributed by atoms with Crippen LogP contribution in [0.25, 0.3) is 0 Å². The van der Waals surface area contributed by atoms with Gasteiger partial charge in [0.25, 0.3) is 0 Å². The number of aryl methyl sites for hydroxylation is 2. The van der Waals surface area contributed by atoms with E-state index in [0.29, 0.717) is 11.7 Å². The van der Waals surface area contributed by atoms with E-state index in [2.05, 4.69) is 27.8 Å². The largest absolute Gasteiger partial charge is 0.497 e. The van der Waals surface area contributed by atoms with Gasteiger partial charge in [-0.05, 0) is 48.7 Å². The minimum Gasteiger partial charge on any atom is -0.497 e. The van der Waals surface area contributed by atoms with Crippen LogP contribution < -0.4 is 15.4 Å². The molecule has 158 valence electrons. The van der Waals surface area contributed by atoms with Crippen LogP contribution in [0.15, 0.2) is 47.6 Å². The standard InChI is InChI=1S/C22H27N5O2S/c1-5-16-8-6-7-15(2)21(16)24-20(28)14-30-22-26-25-19(27(22)3)13-23-17-9-11-18(29-4)12-10-17/h6-12,23H,5,13-14H2,1-4H3,(H,24,28). The Morgan fingerprint density at radius 1 is 1.17 bits per heavy atom. The fourth-order valence-corrected chi connectivity index (χ4v) is 3.75. The summed E-state index contributed by atoms with van der Waals surface area (Å²) < 4.78 is 7.07. The molecule has 0 atom stereocenters. The third-order valence-corrected chi connectivity index (χ3v) is 5.82. The minimum atomic E-state index is -0.0510. The van der Waals surface area contributed by atoms with Gasteiger partial charge in [-0.15, -0.1) is 10.2 Å². The first kappa shape index (κ1) is 21.7. The molecular weight excluding hydrogens is 398 g/mol. The molecule has 0 bridgehead atoms. The van der Waals surface area contributed by atoms with Crippen LogP contribution in [0, 0.1) is 6.92 Å². The summed E-state index contributed by atoms with van der Waals surface area (Å²) in [5.74, 6) is 1.83. The lowest BCUT2D eigenvalue weighted by Gasteiger charge is -2.12. The second-order valence-electron chi connectivity index (χ2n) is 6.84. The van der Waals surface area contributed by atoms with E-state index >= 15 is 0 Å². The molecule has 0 spiro atoms. The Hall–Kier alpha value is -3.00. The number of anilines is 2. The Morgan fingerprint density at radius 2 is 1.93 bits per heavy atom. The molecule has 2 N–H and O–H groups in total. The lowest BCUT2D eigenvalue weighted by atomic mass is 10.1. The summed E-state index contributed by atoms with van der Waals surface area (Å²) in [6, 6.07) is 13.8. The number of nitrogens with one attached hydrogen (secondary N) is 2. The van der Waals surface area contributed by atoms with E-state index < -0.39 is 0 Å². The van der Waals surface area contributed by atoms with Crippen LogP contribution in [-0.2, 0) is 24.8 Å². The van der Waals surface area contributed by atoms with Crippen LogP contribution >= 0.6 is 11.8 Å². The Bertz CT molecular complexity index is 1000. The average Bonchev–Trinajstić information content (AvgIpc) is 3.12. The highest BCUT2D eigenvalue weighted by molar-refractivity contribution is 7.99. The number of para-hydroxylation sites is 1. The number of ether oxygens (including phenoxy) is 1. The van der Waals surface area contributed by atoms with E-state index in [4.69, 9.17) is 4.74 Å². The molecule has 0 aliphatic carbocycles. The van der Waals surface area contributed by atoms with Crippen molar-refractivity contribution in [1.29, 1.82) is 0 Å². The predicted octanol–water partition coefficient (Wildman–Crippen LogP) is 4.04. The van der Waals surface area contributed by atoms with Gasteiger partial charge < -0.3 is 19.9 Å². The SMILES string of the molecule is CCc1cccc(C)c1NC(=O)CSc1nnc(CNc2ccc(OC)cc2)n1C. The Kier molecular flexibility index (Phi) is 7.35. The molecule has 30 heavy (non-hydrogen) atoms. The molecule has 0 saturated heterocycles. The number of nitrogens with zero attached hydrogens (tertiary/aromatic N) is 3. The molecule has 2 aromatic carbocycles. The molecular formula is C22H27N5O2S. The van der Waals surface area contributed by atoms with Gasteiger partial charge >= 0.3 is 0 Å². The third-order valence-electron chi connectivity index (χ3n) is 4.80. The lowest BCUT2D eigenvalue weighted by Crippen LogP contribution is -2.16. The van der Waals surface area contributed by atoms with Gasteiger partial charge in [0.15, 0.2) is 11.0 Å². The van der Waals surface area contributed by atoms with Crippen molar-refractivity contribution in [1.82, 2.24) is 14.8 Å². The maximum Gasteiger partial charge on any atom is 0.234 e. The minimum absolute atomic E-state index is 0.0510. The van der Waals surface area contributed by atoms with E-state index in [1.807, 2.05) is 61.0 Å². The summed E-state index contributed by atoms with van der Waals surface area (Å²) >= 11 is 1.37. The highest BCUT2D eigenvalue weighted by Crippen LogP contribution is 2.23. The molecule has 0 unspecified atom stereocenters. The van der Waals surface area contributed by atoms with E-state index in [1.54, 1.807) is 7.11 Å². The Labute approximate surface area is 181 Å². The van der Waals surface area contributed by atoms with Crippen molar-refractivity contribution in [2.24, 2.45) is 7.05 Å². The Morgan fingerprint density at radius 3 is 2.63 bits per heavy atom. The number of methoxy groups -OCH3 is 1. The first-order chi connectivity index (χ1) is 14.5. The van der Waals surface area contributed by atoms with Gasteiger partial charge in [0.1, 0.15) is 5.75 Å². The van der Waals surface area contributed by atoms with Crippen molar-refractivity contribution in [3.8, 4) is 5.75 Å². The van der Waals surface area contributed by atoms with E-state index in [-0.39, 0.29) is 11.7 Å². The molecule has 1 amide bonds. The van der Waals surface area contributed by atoms with Crippen molar-refractivity contribution in [3.05, 3.63) is 59.4 Å². The fraction of sp³-hybridized carbons (Fsp3) is 0.318. The third kappa shape index (κ3) is 5.33. The number of hydrogen-bond donors (Lipinski definition) is 2. The lowest BCUT2D eigenvalue weighted by molar-refractivity contribution is -0.113. The van der Waals surface area contributed by atoms with Crippen molar-refractivity contribution >= 4 is 29.0 Å². The number of thioether (sulfide) groups is 1. The number of amides is 1. The molecule has 3 rings (SSSR count). The van der Waals surface area contributed by atoms with E-state index in [1.165, 1.54) is 11.8 Å². The van der Waals surface area contributed by atoms with Crippen LogP contribution in [0.4, 0.5) is 11.4 Å². The van der Waals surface area contributed by atoms with Crippen LogP contribution in [0.3, 0.4) is 0 Å². The summed E-state index contributed by atoms with van der Waals surface area (Å²) in [7, 11) is 3.55.